The minimum Gasteiger partial charge on any atom is -0.394 e. The molecule has 178 valence electrons. The molecule has 1 aromatic heterocycles. The maximum Gasteiger partial charge on any atom is 0.247 e. The second-order valence-corrected chi connectivity index (χ2v) is 8.30. The Labute approximate surface area is 208 Å². The summed E-state index contributed by atoms with van der Waals surface area (Å²) in [6, 6.07) is 14.9. The molecule has 10 heteroatoms. The molecular formula is C25H24ClN7O2. The number of rotatable bonds is 8. The van der Waals surface area contributed by atoms with E-state index in [-0.39, 0.29) is 29.5 Å². The van der Waals surface area contributed by atoms with Gasteiger partial charge in [-0.25, -0.2) is 4.98 Å². The lowest BCUT2D eigenvalue weighted by Gasteiger charge is -2.25. The predicted molar refractivity (Wildman–Crippen MR) is 137 cm³/mol. The molecule has 1 fully saturated rings. The van der Waals surface area contributed by atoms with Gasteiger partial charge in [-0.1, -0.05) is 30.3 Å². The minimum atomic E-state index is -0.345. The lowest BCUT2D eigenvalue weighted by atomic mass is 10.1. The largest absolute Gasteiger partial charge is 0.394 e. The minimum absolute atomic E-state index is 0.0627. The van der Waals surface area contributed by atoms with Gasteiger partial charge in [0, 0.05) is 12.2 Å². The summed E-state index contributed by atoms with van der Waals surface area (Å²) in [7, 11) is 0. The summed E-state index contributed by atoms with van der Waals surface area (Å²) in [5.41, 5.74) is 2.98. The van der Waals surface area contributed by atoms with Crippen molar-refractivity contribution in [2.24, 2.45) is 0 Å². The number of carbonyl (C=O) groups is 1. The van der Waals surface area contributed by atoms with E-state index in [1.165, 1.54) is 12.3 Å². The first-order valence-electron chi connectivity index (χ1n) is 11.0. The molecule has 3 aromatic rings. The Morgan fingerprint density at radius 2 is 2.06 bits per heavy atom. The number of amides is 1. The average Bonchev–Trinajstić information content (AvgIpc) is 3.36. The fourth-order valence-corrected chi connectivity index (χ4v) is 4.06. The Morgan fingerprint density at radius 1 is 1.26 bits per heavy atom. The molecule has 4 N–H and O–H groups in total. The summed E-state index contributed by atoms with van der Waals surface area (Å²) in [5.74, 6) is 0.215. The number of hydrogen-bond donors (Lipinski definition) is 4. The lowest BCUT2D eigenvalue weighted by molar-refractivity contribution is -0.111. The van der Waals surface area contributed by atoms with Crippen molar-refractivity contribution in [3.8, 4) is 6.07 Å². The first kappa shape index (κ1) is 24.0. The molecular weight excluding hydrogens is 466 g/mol. The maximum absolute atomic E-state index is 11.8. The van der Waals surface area contributed by atoms with Crippen LogP contribution < -0.4 is 20.9 Å². The molecule has 35 heavy (non-hydrogen) atoms. The zero-order valence-electron chi connectivity index (χ0n) is 18.8. The molecule has 9 nitrogen and oxygen atoms in total. The molecule has 1 atom stereocenters. The number of halogens is 1. The fraction of sp³-hybridized carbons (Fsp3) is 0.200. The van der Waals surface area contributed by atoms with Crippen LogP contribution in [0.15, 0.2) is 61.3 Å². The predicted octanol–water partition coefficient (Wildman–Crippen LogP) is 4.57. The van der Waals surface area contributed by atoms with Gasteiger partial charge >= 0.3 is 0 Å². The Morgan fingerprint density at radius 3 is 2.80 bits per heavy atom. The molecule has 0 spiro atoms. The second-order valence-electron chi connectivity index (χ2n) is 7.89. The van der Waals surface area contributed by atoms with Gasteiger partial charge in [0.05, 0.1) is 41.5 Å². The topological polar surface area (TPSA) is 126 Å². The van der Waals surface area contributed by atoms with Gasteiger partial charge in [-0.3, -0.25) is 4.79 Å². The normalized spacial score (nSPS) is 14.8. The third kappa shape index (κ3) is 5.51. The summed E-state index contributed by atoms with van der Waals surface area (Å²) >= 11 is 6.32. The van der Waals surface area contributed by atoms with E-state index >= 15 is 0 Å². The van der Waals surface area contributed by atoms with E-state index in [0.29, 0.717) is 28.4 Å². The summed E-state index contributed by atoms with van der Waals surface area (Å²) in [6.07, 6.45) is 4.55. The van der Waals surface area contributed by atoms with E-state index in [2.05, 4.69) is 43.5 Å². The van der Waals surface area contributed by atoms with Crippen molar-refractivity contribution in [3.63, 3.8) is 0 Å². The number of aliphatic hydroxyl groups is 1. The molecule has 1 amide bonds. The highest BCUT2D eigenvalue weighted by atomic mass is 35.5. The van der Waals surface area contributed by atoms with Crippen molar-refractivity contribution >= 4 is 52.0 Å². The number of benzene rings is 2. The van der Waals surface area contributed by atoms with E-state index in [1.54, 1.807) is 30.3 Å². The standard InChI is InChI=1S/C25H24ClN7O2/c1-2-23(35)29-21-7-3-4-8-22(21)30-24-19(26)14-28-25(32-24)31-20-10-9-17(12-16(20)13-27)33-11-5-6-18(33)15-34/h2-4,7-10,12,14,18,34H,1,5-6,11,15H2,(H,29,35)(H2,28,30,31,32)/t18-/m1/s1. The van der Waals surface area contributed by atoms with Gasteiger partial charge in [0.2, 0.25) is 11.9 Å². The summed E-state index contributed by atoms with van der Waals surface area (Å²) in [5, 5.41) is 28.6. The number of hydrogen-bond acceptors (Lipinski definition) is 8. The van der Waals surface area contributed by atoms with Gasteiger partial charge in [0.1, 0.15) is 11.1 Å². The molecule has 0 aliphatic carbocycles. The zero-order valence-corrected chi connectivity index (χ0v) is 19.6. The zero-order chi connectivity index (χ0) is 24.8. The van der Waals surface area contributed by atoms with Crippen LogP contribution in [0.2, 0.25) is 5.02 Å². The number of para-hydroxylation sites is 2. The monoisotopic (exact) mass is 489 g/mol. The van der Waals surface area contributed by atoms with Crippen molar-refractivity contribution in [3.05, 3.63) is 71.9 Å². The second kappa shape index (κ2) is 10.9. The van der Waals surface area contributed by atoms with Crippen LogP contribution in [0.1, 0.15) is 18.4 Å². The van der Waals surface area contributed by atoms with Gasteiger partial charge in [0.25, 0.3) is 0 Å². The summed E-state index contributed by atoms with van der Waals surface area (Å²) in [6.45, 7) is 4.39. The molecule has 0 radical (unpaired) electrons. The van der Waals surface area contributed by atoms with Gasteiger partial charge in [-0.2, -0.15) is 10.2 Å². The van der Waals surface area contributed by atoms with E-state index in [1.807, 2.05) is 12.1 Å². The molecule has 1 aliphatic heterocycles. The van der Waals surface area contributed by atoms with E-state index < -0.39 is 0 Å². The highest BCUT2D eigenvalue weighted by Gasteiger charge is 2.24. The fourth-order valence-electron chi connectivity index (χ4n) is 3.93. The Hall–Kier alpha value is -4.13. The van der Waals surface area contributed by atoms with E-state index in [9.17, 15) is 15.2 Å². The van der Waals surface area contributed by atoms with Crippen LogP contribution >= 0.6 is 11.6 Å². The molecule has 2 aromatic carbocycles. The number of nitrogens with zero attached hydrogens (tertiary/aromatic N) is 4. The van der Waals surface area contributed by atoms with Crippen LogP contribution in [0.5, 0.6) is 0 Å². The molecule has 0 bridgehead atoms. The Bertz CT molecular complexity index is 1290. The summed E-state index contributed by atoms with van der Waals surface area (Å²) in [4.78, 5) is 22.6. The van der Waals surface area contributed by atoms with Crippen LogP contribution in [0.25, 0.3) is 0 Å². The number of aromatic nitrogens is 2. The molecule has 0 unspecified atom stereocenters. The highest BCUT2D eigenvalue weighted by molar-refractivity contribution is 6.33. The molecule has 1 saturated heterocycles. The van der Waals surface area contributed by atoms with Crippen LogP contribution in [0, 0.1) is 11.3 Å². The number of aliphatic hydroxyl groups excluding tert-OH is 1. The van der Waals surface area contributed by atoms with Crippen LogP contribution in [0.3, 0.4) is 0 Å². The van der Waals surface area contributed by atoms with Crippen LogP contribution in [-0.2, 0) is 4.79 Å². The Balaban J connectivity index is 1.57. The van der Waals surface area contributed by atoms with Crippen molar-refractivity contribution < 1.29 is 9.90 Å². The van der Waals surface area contributed by atoms with Crippen molar-refractivity contribution in [1.29, 1.82) is 5.26 Å². The molecule has 4 rings (SSSR count). The summed E-state index contributed by atoms with van der Waals surface area (Å²) < 4.78 is 0. The molecule has 0 saturated carbocycles. The van der Waals surface area contributed by atoms with Gasteiger partial charge < -0.3 is 26.0 Å². The van der Waals surface area contributed by atoms with Gasteiger partial charge in [-0.15, -0.1) is 0 Å². The first-order chi connectivity index (χ1) is 17.0. The van der Waals surface area contributed by atoms with Gasteiger partial charge in [0.15, 0.2) is 5.82 Å². The number of nitriles is 1. The smallest absolute Gasteiger partial charge is 0.247 e. The molecule has 2 heterocycles. The highest BCUT2D eigenvalue weighted by Crippen LogP contribution is 2.32. The van der Waals surface area contributed by atoms with E-state index in [4.69, 9.17) is 11.6 Å². The third-order valence-corrected chi connectivity index (χ3v) is 5.93. The molecule has 1 aliphatic rings. The van der Waals surface area contributed by atoms with Crippen molar-refractivity contribution in [1.82, 2.24) is 9.97 Å². The number of nitrogens with one attached hydrogen (secondary N) is 3. The number of carbonyl (C=O) groups excluding carboxylic acids is 1. The SMILES string of the molecule is C=CC(=O)Nc1ccccc1Nc1nc(Nc2ccc(N3CCC[C@@H]3CO)cc2C#N)ncc1Cl. The Kier molecular flexibility index (Phi) is 7.45. The quantitative estimate of drug-likeness (QED) is 0.339. The lowest BCUT2D eigenvalue weighted by Crippen LogP contribution is -2.32. The first-order valence-corrected chi connectivity index (χ1v) is 11.4. The van der Waals surface area contributed by atoms with Crippen LogP contribution in [-0.4, -0.2) is 40.2 Å². The van der Waals surface area contributed by atoms with Crippen LogP contribution in [0.4, 0.5) is 34.5 Å². The average molecular weight is 490 g/mol. The van der Waals surface area contributed by atoms with Crippen molar-refractivity contribution in [2.45, 2.75) is 18.9 Å². The van der Waals surface area contributed by atoms with E-state index in [0.717, 1.165) is 25.1 Å². The van der Waals surface area contributed by atoms with Gasteiger partial charge in [-0.05, 0) is 49.2 Å². The maximum atomic E-state index is 11.8. The third-order valence-electron chi connectivity index (χ3n) is 5.66. The number of anilines is 6. The van der Waals surface area contributed by atoms with Crippen molar-refractivity contribution in [2.75, 3.05) is 34.0 Å².